The average Bonchev–Trinajstić information content (AvgIpc) is 2.29. The smallest absolute Gasteiger partial charge is 0.320 e. The fourth-order valence-electron chi connectivity index (χ4n) is 1.30. The summed E-state index contributed by atoms with van der Waals surface area (Å²) in [4.78, 5) is 34.2. The lowest BCUT2D eigenvalue weighted by atomic mass is 10.0. The predicted octanol–water partition coefficient (Wildman–Crippen LogP) is 1.49. The standard InChI is InChI=1S/C12H20O5/c1-4-9(13)7-8-10(11(14)16-5-2)12(15)17-6-3/h10H,4-8H2,1-3H3. The first-order valence-electron chi connectivity index (χ1n) is 5.91. The highest BCUT2D eigenvalue weighted by atomic mass is 16.6. The predicted molar refractivity (Wildman–Crippen MR) is 61.3 cm³/mol. The third kappa shape index (κ3) is 6.04. The second-order valence-corrected chi connectivity index (χ2v) is 3.49. The summed E-state index contributed by atoms with van der Waals surface area (Å²) in [7, 11) is 0. The van der Waals surface area contributed by atoms with Gasteiger partial charge < -0.3 is 9.47 Å². The highest BCUT2D eigenvalue weighted by Crippen LogP contribution is 2.12. The summed E-state index contributed by atoms with van der Waals surface area (Å²) >= 11 is 0. The van der Waals surface area contributed by atoms with E-state index in [1.165, 1.54) is 0 Å². The molecule has 0 aliphatic heterocycles. The van der Waals surface area contributed by atoms with Crippen molar-refractivity contribution in [2.75, 3.05) is 13.2 Å². The maximum absolute atomic E-state index is 11.5. The number of hydrogen-bond acceptors (Lipinski definition) is 5. The van der Waals surface area contributed by atoms with Gasteiger partial charge in [-0.2, -0.15) is 0 Å². The molecule has 0 radical (unpaired) electrons. The van der Waals surface area contributed by atoms with Crippen LogP contribution < -0.4 is 0 Å². The number of carbonyl (C=O) groups excluding carboxylic acids is 3. The Labute approximate surface area is 101 Å². The van der Waals surface area contributed by atoms with Crippen LogP contribution in [-0.4, -0.2) is 30.9 Å². The van der Waals surface area contributed by atoms with E-state index in [0.717, 1.165) is 0 Å². The van der Waals surface area contributed by atoms with E-state index >= 15 is 0 Å². The van der Waals surface area contributed by atoms with Crippen molar-refractivity contribution in [3.05, 3.63) is 0 Å². The minimum absolute atomic E-state index is 0.0172. The number of rotatable bonds is 8. The summed E-state index contributed by atoms with van der Waals surface area (Å²) in [6.45, 7) is 5.48. The molecule has 0 aliphatic carbocycles. The van der Waals surface area contributed by atoms with Gasteiger partial charge in [0.1, 0.15) is 5.78 Å². The Morgan fingerprint density at radius 3 is 1.76 bits per heavy atom. The van der Waals surface area contributed by atoms with E-state index in [4.69, 9.17) is 9.47 Å². The van der Waals surface area contributed by atoms with Crippen molar-refractivity contribution in [3.63, 3.8) is 0 Å². The zero-order valence-electron chi connectivity index (χ0n) is 10.7. The third-order valence-corrected chi connectivity index (χ3v) is 2.25. The van der Waals surface area contributed by atoms with Crippen molar-refractivity contribution < 1.29 is 23.9 Å². The number of Topliss-reactive ketones (excluding diaryl/α,β-unsaturated/α-hetero) is 1. The molecule has 0 saturated heterocycles. The first kappa shape index (κ1) is 15.6. The molecule has 0 atom stereocenters. The van der Waals surface area contributed by atoms with Crippen LogP contribution in [0.4, 0.5) is 0 Å². The second-order valence-electron chi connectivity index (χ2n) is 3.49. The summed E-state index contributed by atoms with van der Waals surface area (Å²) in [6.07, 6.45) is 0.751. The van der Waals surface area contributed by atoms with Crippen LogP contribution in [-0.2, 0) is 23.9 Å². The van der Waals surface area contributed by atoms with Crippen LogP contribution in [0.3, 0.4) is 0 Å². The van der Waals surface area contributed by atoms with Crippen LogP contribution in [0.25, 0.3) is 0 Å². The Morgan fingerprint density at radius 1 is 0.941 bits per heavy atom. The first-order valence-corrected chi connectivity index (χ1v) is 5.91. The van der Waals surface area contributed by atoms with Gasteiger partial charge in [-0.3, -0.25) is 14.4 Å². The number of ether oxygens (including phenoxy) is 2. The number of esters is 2. The molecule has 0 rings (SSSR count). The van der Waals surface area contributed by atoms with Crippen molar-refractivity contribution >= 4 is 17.7 Å². The largest absolute Gasteiger partial charge is 0.465 e. The summed E-state index contributed by atoms with van der Waals surface area (Å²) in [5.41, 5.74) is 0. The molecule has 0 N–H and O–H groups in total. The van der Waals surface area contributed by atoms with E-state index in [1.807, 2.05) is 0 Å². The third-order valence-electron chi connectivity index (χ3n) is 2.25. The molecular weight excluding hydrogens is 224 g/mol. The maximum Gasteiger partial charge on any atom is 0.320 e. The molecule has 0 bridgehead atoms. The van der Waals surface area contributed by atoms with Gasteiger partial charge in [0.25, 0.3) is 0 Å². The van der Waals surface area contributed by atoms with Gasteiger partial charge in [-0.25, -0.2) is 0 Å². The summed E-state index contributed by atoms with van der Waals surface area (Å²) in [5, 5.41) is 0. The zero-order chi connectivity index (χ0) is 13.3. The van der Waals surface area contributed by atoms with Crippen LogP contribution in [0.5, 0.6) is 0 Å². The van der Waals surface area contributed by atoms with Gasteiger partial charge in [0.15, 0.2) is 5.92 Å². The summed E-state index contributed by atoms with van der Waals surface area (Å²) in [6, 6.07) is 0. The van der Waals surface area contributed by atoms with Crippen LogP contribution >= 0.6 is 0 Å². The Hall–Kier alpha value is -1.39. The van der Waals surface area contributed by atoms with Gasteiger partial charge in [0.05, 0.1) is 13.2 Å². The van der Waals surface area contributed by atoms with E-state index < -0.39 is 17.9 Å². The Kier molecular flexibility index (Phi) is 8.01. The lowest BCUT2D eigenvalue weighted by Gasteiger charge is -2.13. The molecule has 0 aromatic carbocycles. The molecule has 17 heavy (non-hydrogen) atoms. The van der Waals surface area contributed by atoms with Crippen molar-refractivity contribution in [1.82, 2.24) is 0 Å². The fraction of sp³-hybridized carbons (Fsp3) is 0.750. The van der Waals surface area contributed by atoms with Crippen molar-refractivity contribution in [2.45, 2.75) is 40.0 Å². The molecule has 5 heteroatoms. The SMILES string of the molecule is CCOC(=O)C(CCC(=O)CC)C(=O)OCC. The van der Waals surface area contributed by atoms with E-state index in [0.29, 0.717) is 6.42 Å². The first-order chi connectivity index (χ1) is 8.06. The van der Waals surface area contributed by atoms with E-state index in [-0.39, 0.29) is 31.8 Å². The summed E-state index contributed by atoms with van der Waals surface area (Å²) < 4.78 is 9.57. The van der Waals surface area contributed by atoms with E-state index in [2.05, 4.69) is 0 Å². The molecule has 0 spiro atoms. The highest BCUT2D eigenvalue weighted by molar-refractivity contribution is 5.95. The average molecular weight is 244 g/mol. The van der Waals surface area contributed by atoms with Crippen molar-refractivity contribution in [3.8, 4) is 0 Å². The highest BCUT2D eigenvalue weighted by Gasteiger charge is 2.29. The molecule has 0 aromatic rings. The van der Waals surface area contributed by atoms with Crippen molar-refractivity contribution in [1.29, 1.82) is 0 Å². The normalized spacial score (nSPS) is 10.1. The molecule has 0 aliphatic rings. The number of ketones is 1. The van der Waals surface area contributed by atoms with Crippen molar-refractivity contribution in [2.24, 2.45) is 5.92 Å². The Balaban J connectivity index is 4.44. The molecule has 98 valence electrons. The zero-order valence-corrected chi connectivity index (χ0v) is 10.7. The Bertz CT molecular complexity index is 254. The molecule has 0 unspecified atom stereocenters. The van der Waals surface area contributed by atoms with Crippen LogP contribution in [0.1, 0.15) is 40.0 Å². The van der Waals surface area contributed by atoms with Gasteiger partial charge in [0, 0.05) is 12.8 Å². The monoisotopic (exact) mass is 244 g/mol. The van der Waals surface area contributed by atoms with Crippen LogP contribution in [0.2, 0.25) is 0 Å². The fourth-order valence-corrected chi connectivity index (χ4v) is 1.30. The lowest BCUT2D eigenvalue weighted by Crippen LogP contribution is -2.28. The van der Waals surface area contributed by atoms with Gasteiger partial charge in [-0.05, 0) is 20.3 Å². The molecular formula is C12H20O5. The molecule has 0 heterocycles. The topological polar surface area (TPSA) is 69.7 Å². The summed E-state index contributed by atoms with van der Waals surface area (Å²) in [5.74, 6) is -2.20. The van der Waals surface area contributed by atoms with Gasteiger partial charge >= 0.3 is 11.9 Å². The molecule has 0 saturated carbocycles. The van der Waals surface area contributed by atoms with Crippen LogP contribution in [0.15, 0.2) is 0 Å². The minimum atomic E-state index is -0.981. The van der Waals surface area contributed by atoms with Gasteiger partial charge in [-0.15, -0.1) is 0 Å². The molecule has 0 amide bonds. The quantitative estimate of drug-likeness (QED) is 0.478. The maximum atomic E-state index is 11.5. The Morgan fingerprint density at radius 2 is 1.41 bits per heavy atom. The number of carbonyl (C=O) groups is 3. The van der Waals surface area contributed by atoms with E-state index in [1.54, 1.807) is 20.8 Å². The molecule has 0 aromatic heterocycles. The minimum Gasteiger partial charge on any atom is -0.465 e. The molecule has 0 fully saturated rings. The second kappa shape index (κ2) is 8.73. The van der Waals surface area contributed by atoms with Crippen LogP contribution in [0, 0.1) is 5.92 Å². The molecule has 5 nitrogen and oxygen atoms in total. The van der Waals surface area contributed by atoms with Gasteiger partial charge in [-0.1, -0.05) is 6.92 Å². The number of hydrogen-bond donors (Lipinski definition) is 0. The van der Waals surface area contributed by atoms with E-state index in [9.17, 15) is 14.4 Å². The van der Waals surface area contributed by atoms with Gasteiger partial charge in [0.2, 0.25) is 0 Å². The lowest BCUT2D eigenvalue weighted by molar-refractivity contribution is -0.161.